The predicted octanol–water partition coefficient (Wildman–Crippen LogP) is 2.74. The van der Waals surface area contributed by atoms with Gasteiger partial charge in [0.15, 0.2) is 5.69 Å². The van der Waals surface area contributed by atoms with E-state index in [1.54, 1.807) is 6.92 Å². The number of thioether (sulfide) groups is 1. The molecular weight excluding hydrogens is 214 g/mol. The third-order valence-electron chi connectivity index (χ3n) is 1.69. The zero-order valence-corrected chi connectivity index (χ0v) is 9.80. The number of hydrogen-bond donors (Lipinski definition) is 0. The van der Waals surface area contributed by atoms with Crippen molar-refractivity contribution < 1.29 is 13.9 Å². The van der Waals surface area contributed by atoms with Crippen LogP contribution in [0.2, 0.25) is 0 Å². The molecule has 0 fully saturated rings. The molecule has 0 amide bonds. The Morgan fingerprint density at radius 3 is 3.07 bits per heavy atom. The highest BCUT2D eigenvalue weighted by atomic mass is 32.2. The van der Waals surface area contributed by atoms with Crippen LogP contribution >= 0.6 is 11.8 Å². The van der Waals surface area contributed by atoms with Crippen molar-refractivity contribution >= 4 is 17.7 Å². The molecule has 1 heterocycles. The van der Waals surface area contributed by atoms with Gasteiger partial charge in [-0.15, -0.1) is 0 Å². The fourth-order valence-electron chi connectivity index (χ4n) is 0.926. The zero-order chi connectivity index (χ0) is 11.1. The van der Waals surface area contributed by atoms with Crippen LogP contribution in [0.4, 0.5) is 0 Å². The molecule has 0 bridgehead atoms. The number of oxazole rings is 1. The quantitative estimate of drug-likeness (QED) is 0.426. The molecule has 15 heavy (non-hydrogen) atoms. The molecule has 4 nitrogen and oxygen atoms in total. The molecule has 0 aromatic carbocycles. The lowest BCUT2D eigenvalue weighted by atomic mass is 10.4. The minimum absolute atomic E-state index is 0.246. The number of carbonyl (C=O) groups is 1. The minimum Gasteiger partial charge on any atom is -0.461 e. The number of carbonyl (C=O) groups excluding carboxylic acids is 1. The summed E-state index contributed by atoms with van der Waals surface area (Å²) >= 11 is 1.52. The number of aromatic nitrogens is 1. The average molecular weight is 229 g/mol. The van der Waals surface area contributed by atoms with Crippen LogP contribution in [0.5, 0.6) is 0 Å². The number of unbranched alkanes of at least 4 members (excludes halogenated alkanes) is 1. The molecule has 0 N–H and O–H groups in total. The lowest BCUT2D eigenvalue weighted by molar-refractivity contribution is 0.0519. The summed E-state index contributed by atoms with van der Waals surface area (Å²) < 4.78 is 9.93. The number of rotatable bonds is 6. The molecule has 0 spiro atoms. The van der Waals surface area contributed by atoms with Crippen LogP contribution in [0.1, 0.15) is 37.2 Å². The Morgan fingerprint density at radius 2 is 2.40 bits per heavy atom. The zero-order valence-electron chi connectivity index (χ0n) is 8.99. The van der Waals surface area contributed by atoms with Gasteiger partial charge in [-0.1, -0.05) is 25.1 Å². The minimum atomic E-state index is -0.427. The molecule has 0 aliphatic carbocycles. The van der Waals surface area contributed by atoms with E-state index in [0.29, 0.717) is 11.8 Å². The summed E-state index contributed by atoms with van der Waals surface area (Å²) in [5, 5.41) is 0.534. The summed E-state index contributed by atoms with van der Waals surface area (Å²) in [7, 11) is 0. The van der Waals surface area contributed by atoms with Crippen molar-refractivity contribution in [3.63, 3.8) is 0 Å². The number of nitrogens with zero attached hydrogens (tertiary/aromatic N) is 1. The molecule has 0 aliphatic rings. The number of hydrogen-bond acceptors (Lipinski definition) is 5. The third kappa shape index (κ3) is 3.95. The van der Waals surface area contributed by atoms with E-state index in [2.05, 4.69) is 11.9 Å². The van der Waals surface area contributed by atoms with Crippen molar-refractivity contribution in [3.05, 3.63) is 12.0 Å². The topological polar surface area (TPSA) is 52.3 Å². The molecular formula is C10H15NO3S. The van der Waals surface area contributed by atoms with Gasteiger partial charge in [-0.2, -0.15) is 4.98 Å². The summed E-state index contributed by atoms with van der Waals surface area (Å²) in [6.45, 7) is 4.24. The standard InChI is InChI=1S/C10H15NO3S/c1-3-5-6-15-10-11-8(7-14-10)9(12)13-4-2/h7H,3-6H2,1-2H3. The van der Waals surface area contributed by atoms with Crippen molar-refractivity contribution in [1.82, 2.24) is 4.98 Å². The summed E-state index contributed by atoms with van der Waals surface area (Å²) in [6.07, 6.45) is 3.59. The largest absolute Gasteiger partial charge is 0.461 e. The maximum Gasteiger partial charge on any atom is 0.360 e. The number of esters is 1. The SMILES string of the molecule is CCCCSc1nc(C(=O)OCC)co1. The van der Waals surface area contributed by atoms with Gasteiger partial charge in [-0.05, 0) is 13.3 Å². The van der Waals surface area contributed by atoms with Gasteiger partial charge in [0.05, 0.1) is 6.61 Å². The van der Waals surface area contributed by atoms with Gasteiger partial charge < -0.3 is 9.15 Å². The predicted molar refractivity (Wildman–Crippen MR) is 58.1 cm³/mol. The molecule has 1 rings (SSSR count). The highest BCUT2D eigenvalue weighted by Gasteiger charge is 2.12. The first-order valence-corrected chi connectivity index (χ1v) is 6.02. The van der Waals surface area contributed by atoms with E-state index in [4.69, 9.17) is 9.15 Å². The lowest BCUT2D eigenvalue weighted by Crippen LogP contribution is -2.04. The Hall–Kier alpha value is -0.970. The van der Waals surface area contributed by atoms with Gasteiger partial charge >= 0.3 is 5.97 Å². The Balaban J connectivity index is 2.45. The normalized spacial score (nSPS) is 10.3. The molecule has 0 radical (unpaired) electrons. The van der Waals surface area contributed by atoms with E-state index in [0.717, 1.165) is 18.6 Å². The molecule has 0 aliphatic heterocycles. The van der Waals surface area contributed by atoms with Crippen LogP contribution in [0.3, 0.4) is 0 Å². The first-order valence-electron chi connectivity index (χ1n) is 5.03. The Kier molecular flexibility index (Phi) is 5.25. The van der Waals surface area contributed by atoms with Gasteiger partial charge in [0, 0.05) is 5.75 Å². The second-order valence-corrected chi connectivity index (χ2v) is 3.97. The van der Waals surface area contributed by atoms with Gasteiger partial charge in [0.1, 0.15) is 6.26 Å². The third-order valence-corrected chi connectivity index (χ3v) is 2.62. The summed E-state index contributed by atoms with van der Waals surface area (Å²) in [5.74, 6) is 0.530. The molecule has 84 valence electrons. The summed E-state index contributed by atoms with van der Waals surface area (Å²) in [6, 6.07) is 0. The van der Waals surface area contributed by atoms with Crippen LogP contribution in [0.15, 0.2) is 15.9 Å². The average Bonchev–Trinajstić information content (AvgIpc) is 2.67. The van der Waals surface area contributed by atoms with Gasteiger partial charge in [0.25, 0.3) is 5.22 Å². The highest BCUT2D eigenvalue weighted by Crippen LogP contribution is 2.18. The van der Waals surface area contributed by atoms with Crippen LogP contribution in [0.25, 0.3) is 0 Å². The van der Waals surface area contributed by atoms with Crippen LogP contribution < -0.4 is 0 Å². The second kappa shape index (κ2) is 6.50. The lowest BCUT2D eigenvalue weighted by Gasteiger charge is -1.95. The molecule has 1 aromatic rings. The first-order chi connectivity index (χ1) is 7.27. The molecule has 1 aromatic heterocycles. The second-order valence-electron chi connectivity index (χ2n) is 2.92. The molecule has 0 saturated heterocycles. The maximum atomic E-state index is 11.2. The summed E-state index contributed by atoms with van der Waals surface area (Å²) in [4.78, 5) is 15.3. The van der Waals surface area contributed by atoms with Gasteiger partial charge in [-0.25, -0.2) is 4.79 Å². The van der Waals surface area contributed by atoms with Crippen molar-refractivity contribution in [2.45, 2.75) is 31.9 Å². The fraction of sp³-hybridized carbons (Fsp3) is 0.600. The highest BCUT2D eigenvalue weighted by molar-refractivity contribution is 7.99. The van der Waals surface area contributed by atoms with E-state index in [-0.39, 0.29) is 5.69 Å². The fourth-order valence-corrected chi connectivity index (χ4v) is 1.81. The smallest absolute Gasteiger partial charge is 0.360 e. The van der Waals surface area contributed by atoms with E-state index in [1.165, 1.54) is 18.0 Å². The van der Waals surface area contributed by atoms with Gasteiger partial charge in [-0.3, -0.25) is 0 Å². The van der Waals surface area contributed by atoms with Gasteiger partial charge in [0.2, 0.25) is 0 Å². The van der Waals surface area contributed by atoms with Crippen molar-refractivity contribution in [3.8, 4) is 0 Å². The van der Waals surface area contributed by atoms with Crippen LogP contribution in [-0.2, 0) is 4.74 Å². The van der Waals surface area contributed by atoms with Crippen LogP contribution in [0, 0.1) is 0 Å². The van der Waals surface area contributed by atoms with Crippen LogP contribution in [-0.4, -0.2) is 23.3 Å². The Bertz CT molecular complexity index is 311. The van der Waals surface area contributed by atoms with E-state index in [1.807, 2.05) is 0 Å². The molecule has 0 unspecified atom stereocenters. The first kappa shape index (κ1) is 12.1. The van der Waals surface area contributed by atoms with E-state index in [9.17, 15) is 4.79 Å². The monoisotopic (exact) mass is 229 g/mol. The van der Waals surface area contributed by atoms with E-state index < -0.39 is 5.97 Å². The molecule has 5 heteroatoms. The Labute approximate surface area is 93.4 Å². The van der Waals surface area contributed by atoms with Crippen molar-refractivity contribution in [1.29, 1.82) is 0 Å². The van der Waals surface area contributed by atoms with Crippen molar-refractivity contribution in [2.24, 2.45) is 0 Å². The number of ether oxygens (including phenoxy) is 1. The Morgan fingerprint density at radius 1 is 1.60 bits per heavy atom. The molecule has 0 atom stereocenters. The van der Waals surface area contributed by atoms with E-state index >= 15 is 0 Å². The van der Waals surface area contributed by atoms with Crippen molar-refractivity contribution in [2.75, 3.05) is 12.4 Å². The molecule has 0 saturated carbocycles. The summed E-state index contributed by atoms with van der Waals surface area (Å²) in [5.41, 5.74) is 0.246. The maximum absolute atomic E-state index is 11.2.